The Hall–Kier alpha value is -2.34. The molecule has 1 heterocycles. The summed E-state index contributed by atoms with van der Waals surface area (Å²) in [7, 11) is -3.63. The predicted octanol–water partition coefficient (Wildman–Crippen LogP) is 4.81. The third-order valence-electron chi connectivity index (χ3n) is 5.30. The molecule has 1 unspecified atom stereocenters. The average molecular weight is 427 g/mol. The largest absolute Gasteiger partial charge is 0.363 e. The minimum Gasteiger partial charge on any atom is -0.363 e. The maximum atomic E-state index is 12.8. The third kappa shape index (κ3) is 4.47. The molecule has 0 spiro atoms. The Morgan fingerprint density at radius 3 is 2.38 bits per heavy atom. The van der Waals surface area contributed by atoms with Gasteiger partial charge in [-0.1, -0.05) is 60.1 Å². The molecule has 1 aliphatic rings. The first-order valence-corrected chi connectivity index (χ1v) is 11.6. The number of aryl methyl sites for hydroxylation is 1. The van der Waals surface area contributed by atoms with Crippen molar-refractivity contribution in [2.75, 3.05) is 18.0 Å². The second kappa shape index (κ2) is 8.57. The van der Waals surface area contributed by atoms with E-state index in [9.17, 15) is 8.42 Å². The lowest BCUT2D eigenvalue weighted by molar-refractivity contribution is 0.546. The monoisotopic (exact) mass is 426 g/mol. The number of benzene rings is 3. The average Bonchev–Trinajstić information content (AvgIpc) is 2.75. The number of halogens is 1. The van der Waals surface area contributed by atoms with Gasteiger partial charge in [-0.3, -0.25) is 0 Å². The van der Waals surface area contributed by atoms with Crippen LogP contribution in [0.3, 0.4) is 0 Å². The summed E-state index contributed by atoms with van der Waals surface area (Å²) in [5, 5.41) is 0.510. The zero-order valence-corrected chi connectivity index (χ0v) is 17.5. The summed E-state index contributed by atoms with van der Waals surface area (Å²) >= 11 is 5.90. The molecule has 4 rings (SSSR count). The van der Waals surface area contributed by atoms with Gasteiger partial charge in [-0.15, -0.1) is 0 Å². The molecule has 6 heteroatoms. The van der Waals surface area contributed by atoms with Gasteiger partial charge in [-0.25, -0.2) is 13.1 Å². The summed E-state index contributed by atoms with van der Waals surface area (Å²) in [5.41, 5.74) is 3.57. The second-order valence-electron chi connectivity index (χ2n) is 7.16. The van der Waals surface area contributed by atoms with Crippen LogP contribution in [-0.2, 0) is 16.4 Å². The molecule has 0 amide bonds. The molecule has 1 aliphatic heterocycles. The number of sulfonamides is 1. The van der Waals surface area contributed by atoms with E-state index in [1.54, 1.807) is 12.1 Å². The smallest absolute Gasteiger partial charge is 0.240 e. The van der Waals surface area contributed by atoms with Gasteiger partial charge in [-0.2, -0.15) is 0 Å². The molecule has 0 saturated carbocycles. The molecule has 3 aromatic rings. The number of rotatable bonds is 6. The molecule has 4 nitrogen and oxygen atoms in total. The third-order valence-corrected chi connectivity index (χ3v) is 6.99. The Labute approximate surface area is 177 Å². The Bertz CT molecular complexity index is 1070. The van der Waals surface area contributed by atoms with Crippen molar-refractivity contribution >= 4 is 27.3 Å². The molecule has 0 aromatic heterocycles. The Balaban J connectivity index is 1.64. The Kier molecular flexibility index (Phi) is 5.90. The van der Waals surface area contributed by atoms with Crippen LogP contribution >= 0.6 is 11.6 Å². The highest BCUT2D eigenvalue weighted by atomic mass is 35.5. The Morgan fingerprint density at radius 2 is 1.62 bits per heavy atom. The predicted molar refractivity (Wildman–Crippen MR) is 118 cm³/mol. The van der Waals surface area contributed by atoms with Gasteiger partial charge < -0.3 is 4.90 Å². The molecule has 0 radical (unpaired) electrons. The second-order valence-corrected chi connectivity index (χ2v) is 9.36. The zero-order chi connectivity index (χ0) is 20.3. The Morgan fingerprint density at radius 1 is 0.931 bits per heavy atom. The standard InChI is InChI=1S/C23H23ClN2O2S/c24-20-12-14-21(15-13-20)29(27,28)25-17-23(19-7-2-1-3-8-19)26-16-6-10-18-9-4-5-11-22(18)26/h1-5,7-9,11-15,23,25H,6,10,16-17H2. The molecule has 3 aromatic carbocycles. The molecule has 0 saturated heterocycles. The number of fused-ring (bicyclic) bond motifs is 1. The normalized spacial score (nSPS) is 15.0. The summed E-state index contributed by atoms with van der Waals surface area (Å²) in [5.74, 6) is 0. The van der Waals surface area contributed by atoms with Gasteiger partial charge in [0, 0.05) is 23.8 Å². The van der Waals surface area contributed by atoms with Crippen LogP contribution in [0.5, 0.6) is 0 Å². The lowest BCUT2D eigenvalue weighted by Crippen LogP contribution is -2.40. The van der Waals surface area contributed by atoms with E-state index < -0.39 is 10.0 Å². The van der Waals surface area contributed by atoms with Crippen molar-refractivity contribution in [2.24, 2.45) is 0 Å². The van der Waals surface area contributed by atoms with E-state index in [1.165, 1.54) is 23.4 Å². The lowest BCUT2D eigenvalue weighted by atomic mass is 9.97. The first kappa shape index (κ1) is 20.0. The molecule has 150 valence electrons. The lowest BCUT2D eigenvalue weighted by Gasteiger charge is -2.38. The molecule has 0 fully saturated rings. The molecular formula is C23H23ClN2O2S. The van der Waals surface area contributed by atoms with Crippen LogP contribution in [0.4, 0.5) is 5.69 Å². The highest BCUT2D eigenvalue weighted by molar-refractivity contribution is 7.89. The quantitative estimate of drug-likeness (QED) is 0.615. The van der Waals surface area contributed by atoms with E-state index in [2.05, 4.69) is 40.0 Å². The van der Waals surface area contributed by atoms with E-state index in [1.807, 2.05) is 24.3 Å². The van der Waals surface area contributed by atoms with E-state index in [0.29, 0.717) is 5.02 Å². The minimum absolute atomic E-state index is 0.0975. The van der Waals surface area contributed by atoms with Crippen LogP contribution in [-0.4, -0.2) is 21.5 Å². The van der Waals surface area contributed by atoms with Crippen LogP contribution in [0.15, 0.2) is 83.8 Å². The highest BCUT2D eigenvalue weighted by Gasteiger charge is 2.27. The van der Waals surface area contributed by atoms with Gasteiger partial charge in [0.25, 0.3) is 0 Å². The molecule has 0 bridgehead atoms. The SMILES string of the molecule is O=S(=O)(NCC(c1ccccc1)N1CCCc2ccccc21)c1ccc(Cl)cc1. The van der Waals surface area contributed by atoms with Gasteiger partial charge in [0.05, 0.1) is 10.9 Å². The number of nitrogens with one attached hydrogen (secondary N) is 1. The van der Waals surface area contributed by atoms with Gasteiger partial charge in [0.2, 0.25) is 10.0 Å². The first-order chi connectivity index (χ1) is 14.0. The number of nitrogens with zero attached hydrogens (tertiary/aromatic N) is 1. The van der Waals surface area contributed by atoms with Crippen molar-refractivity contribution < 1.29 is 8.42 Å². The van der Waals surface area contributed by atoms with Crippen LogP contribution in [0.2, 0.25) is 5.02 Å². The number of anilines is 1. The van der Waals surface area contributed by atoms with Crippen LogP contribution in [0.25, 0.3) is 0 Å². The molecule has 1 N–H and O–H groups in total. The van der Waals surface area contributed by atoms with E-state index >= 15 is 0 Å². The van der Waals surface area contributed by atoms with Gasteiger partial charge in [0.15, 0.2) is 0 Å². The van der Waals surface area contributed by atoms with Gasteiger partial charge in [0.1, 0.15) is 0 Å². The van der Waals surface area contributed by atoms with E-state index in [0.717, 1.165) is 24.9 Å². The van der Waals surface area contributed by atoms with Crippen molar-refractivity contribution in [3.8, 4) is 0 Å². The molecule has 29 heavy (non-hydrogen) atoms. The van der Waals surface area contributed by atoms with Crippen molar-refractivity contribution in [3.05, 3.63) is 95.0 Å². The molecule has 0 aliphatic carbocycles. The maximum absolute atomic E-state index is 12.8. The van der Waals surface area contributed by atoms with Crippen molar-refractivity contribution in [3.63, 3.8) is 0 Å². The van der Waals surface area contributed by atoms with E-state index in [4.69, 9.17) is 11.6 Å². The van der Waals surface area contributed by atoms with Crippen molar-refractivity contribution in [2.45, 2.75) is 23.8 Å². The van der Waals surface area contributed by atoms with Crippen molar-refractivity contribution in [1.29, 1.82) is 0 Å². The molecular weight excluding hydrogens is 404 g/mol. The number of hydrogen-bond donors (Lipinski definition) is 1. The fourth-order valence-corrected chi connectivity index (χ4v) is 5.02. The topological polar surface area (TPSA) is 49.4 Å². The zero-order valence-electron chi connectivity index (χ0n) is 16.0. The molecule has 1 atom stereocenters. The maximum Gasteiger partial charge on any atom is 0.240 e. The summed E-state index contributed by atoms with van der Waals surface area (Å²) in [6.07, 6.45) is 2.09. The fourth-order valence-electron chi connectivity index (χ4n) is 3.86. The van der Waals surface area contributed by atoms with Gasteiger partial charge in [-0.05, 0) is 54.3 Å². The van der Waals surface area contributed by atoms with Crippen LogP contribution in [0.1, 0.15) is 23.6 Å². The van der Waals surface area contributed by atoms with Crippen LogP contribution in [0, 0.1) is 0 Å². The van der Waals surface area contributed by atoms with Gasteiger partial charge >= 0.3 is 0 Å². The summed E-state index contributed by atoms with van der Waals surface area (Å²) in [6.45, 7) is 1.17. The summed E-state index contributed by atoms with van der Waals surface area (Å²) in [6, 6.07) is 24.6. The fraction of sp³-hybridized carbons (Fsp3) is 0.217. The van der Waals surface area contributed by atoms with E-state index in [-0.39, 0.29) is 17.5 Å². The first-order valence-electron chi connectivity index (χ1n) is 9.69. The summed E-state index contributed by atoms with van der Waals surface area (Å²) < 4.78 is 28.5. The van der Waals surface area contributed by atoms with Crippen molar-refractivity contribution in [1.82, 2.24) is 4.72 Å². The number of para-hydroxylation sites is 1. The summed E-state index contributed by atoms with van der Waals surface area (Å²) in [4.78, 5) is 2.53. The highest BCUT2D eigenvalue weighted by Crippen LogP contribution is 2.34. The number of hydrogen-bond acceptors (Lipinski definition) is 3. The van der Waals surface area contributed by atoms with Crippen LogP contribution < -0.4 is 9.62 Å². The minimum atomic E-state index is -3.63.